The maximum absolute atomic E-state index is 9.13. The van der Waals surface area contributed by atoms with E-state index in [1.807, 2.05) is 12.1 Å². The first-order chi connectivity index (χ1) is 10.8. The van der Waals surface area contributed by atoms with Crippen LogP contribution in [0.2, 0.25) is 5.15 Å². The van der Waals surface area contributed by atoms with Gasteiger partial charge < -0.3 is 5.32 Å². The van der Waals surface area contributed by atoms with E-state index in [-0.39, 0.29) is 0 Å². The van der Waals surface area contributed by atoms with Crippen LogP contribution in [0.25, 0.3) is 11.4 Å². The van der Waals surface area contributed by atoms with E-state index in [2.05, 4.69) is 26.3 Å². The highest BCUT2D eigenvalue weighted by Gasteiger charge is 2.08. The number of rotatable bonds is 3. The Bertz CT molecular complexity index is 843. The van der Waals surface area contributed by atoms with Crippen LogP contribution in [0.15, 0.2) is 54.9 Å². The largest absolute Gasteiger partial charge is 0.339 e. The minimum Gasteiger partial charge on any atom is -0.339 e. The van der Waals surface area contributed by atoms with E-state index < -0.39 is 0 Å². The van der Waals surface area contributed by atoms with Crippen molar-refractivity contribution >= 4 is 23.1 Å². The molecule has 106 valence electrons. The summed E-state index contributed by atoms with van der Waals surface area (Å²) in [4.78, 5) is 12.7. The molecular formula is C16H10ClN5. The zero-order valence-electron chi connectivity index (χ0n) is 11.4. The van der Waals surface area contributed by atoms with Gasteiger partial charge in [-0.15, -0.1) is 0 Å². The molecule has 0 saturated carbocycles. The van der Waals surface area contributed by atoms with Gasteiger partial charge in [-0.25, -0.2) is 9.97 Å². The van der Waals surface area contributed by atoms with Crippen LogP contribution in [0.4, 0.5) is 11.5 Å². The van der Waals surface area contributed by atoms with E-state index in [4.69, 9.17) is 16.9 Å². The van der Waals surface area contributed by atoms with Crippen molar-refractivity contribution in [1.29, 1.82) is 5.26 Å². The summed E-state index contributed by atoms with van der Waals surface area (Å²) in [6.07, 6.45) is 3.34. The minimum atomic E-state index is 0.311. The van der Waals surface area contributed by atoms with Crippen molar-refractivity contribution in [3.05, 3.63) is 65.6 Å². The van der Waals surface area contributed by atoms with Crippen molar-refractivity contribution in [2.45, 2.75) is 0 Å². The molecule has 2 heterocycles. The van der Waals surface area contributed by atoms with Gasteiger partial charge in [0.2, 0.25) is 0 Å². The summed E-state index contributed by atoms with van der Waals surface area (Å²) >= 11 is 6.06. The molecule has 0 aliphatic rings. The van der Waals surface area contributed by atoms with E-state index in [9.17, 15) is 0 Å². The predicted octanol–water partition coefficient (Wildman–Crippen LogP) is 3.81. The number of halogens is 1. The lowest BCUT2D eigenvalue weighted by atomic mass is 10.2. The standard InChI is InChI=1S/C16H10ClN5/c17-14-8-15(20-13-6-2-1-4-11(13)9-18)22-16(21-14)12-5-3-7-19-10-12/h1-8,10H,(H,20,21,22). The topological polar surface area (TPSA) is 74.5 Å². The first kappa shape index (κ1) is 14.0. The lowest BCUT2D eigenvalue weighted by Gasteiger charge is -2.09. The van der Waals surface area contributed by atoms with Gasteiger partial charge in [0.05, 0.1) is 11.3 Å². The zero-order chi connectivity index (χ0) is 15.4. The van der Waals surface area contributed by atoms with Crippen molar-refractivity contribution in [2.75, 3.05) is 5.32 Å². The summed E-state index contributed by atoms with van der Waals surface area (Å²) in [5.41, 5.74) is 1.96. The van der Waals surface area contributed by atoms with Crippen LogP contribution in [0.1, 0.15) is 5.56 Å². The SMILES string of the molecule is N#Cc1ccccc1Nc1cc(Cl)nc(-c2cccnc2)n1. The molecule has 3 rings (SSSR count). The molecule has 22 heavy (non-hydrogen) atoms. The Morgan fingerprint density at radius 3 is 2.73 bits per heavy atom. The first-order valence-electron chi connectivity index (χ1n) is 6.47. The van der Waals surface area contributed by atoms with E-state index in [1.54, 1.807) is 42.7 Å². The molecule has 0 radical (unpaired) electrons. The smallest absolute Gasteiger partial charge is 0.164 e. The summed E-state index contributed by atoms with van der Waals surface area (Å²) in [6, 6.07) is 14.6. The fourth-order valence-electron chi connectivity index (χ4n) is 1.93. The molecule has 5 nitrogen and oxygen atoms in total. The Labute approximate surface area is 132 Å². The number of nitrogens with zero attached hydrogens (tertiary/aromatic N) is 4. The maximum atomic E-state index is 9.13. The second kappa shape index (κ2) is 6.20. The second-order valence-corrected chi connectivity index (χ2v) is 4.81. The van der Waals surface area contributed by atoms with E-state index in [1.165, 1.54) is 0 Å². The van der Waals surface area contributed by atoms with Gasteiger partial charge in [0, 0.05) is 24.0 Å². The summed E-state index contributed by atoms with van der Waals surface area (Å²) in [5, 5.41) is 12.5. The van der Waals surface area contributed by atoms with Gasteiger partial charge in [0.25, 0.3) is 0 Å². The molecule has 0 spiro atoms. The monoisotopic (exact) mass is 307 g/mol. The predicted molar refractivity (Wildman–Crippen MR) is 84.7 cm³/mol. The average molecular weight is 308 g/mol. The Hall–Kier alpha value is -2.97. The lowest BCUT2D eigenvalue weighted by Crippen LogP contribution is -1.99. The number of nitrogens with one attached hydrogen (secondary N) is 1. The van der Waals surface area contributed by atoms with Crippen molar-refractivity contribution in [2.24, 2.45) is 0 Å². The van der Waals surface area contributed by atoms with Crippen molar-refractivity contribution in [3.8, 4) is 17.5 Å². The molecule has 3 aromatic rings. The Kier molecular flexibility index (Phi) is 3.95. The molecule has 0 aliphatic carbocycles. The van der Waals surface area contributed by atoms with Crippen molar-refractivity contribution in [1.82, 2.24) is 15.0 Å². The molecular weight excluding hydrogens is 298 g/mol. The van der Waals surface area contributed by atoms with Gasteiger partial charge in [-0.1, -0.05) is 23.7 Å². The molecule has 0 atom stereocenters. The molecule has 1 aromatic carbocycles. The highest BCUT2D eigenvalue weighted by molar-refractivity contribution is 6.29. The molecule has 6 heteroatoms. The number of para-hydroxylation sites is 1. The maximum Gasteiger partial charge on any atom is 0.164 e. The van der Waals surface area contributed by atoms with E-state index in [0.717, 1.165) is 5.56 Å². The molecule has 0 aliphatic heterocycles. The Morgan fingerprint density at radius 2 is 1.95 bits per heavy atom. The van der Waals surface area contributed by atoms with E-state index in [0.29, 0.717) is 28.0 Å². The molecule has 0 bridgehead atoms. The average Bonchev–Trinajstić information content (AvgIpc) is 2.56. The van der Waals surface area contributed by atoms with Crippen LogP contribution < -0.4 is 5.32 Å². The fourth-order valence-corrected chi connectivity index (χ4v) is 2.12. The van der Waals surface area contributed by atoms with Crippen molar-refractivity contribution in [3.63, 3.8) is 0 Å². The highest BCUT2D eigenvalue weighted by atomic mass is 35.5. The zero-order valence-corrected chi connectivity index (χ0v) is 12.1. The van der Waals surface area contributed by atoms with Gasteiger partial charge in [-0.05, 0) is 24.3 Å². The fraction of sp³-hybridized carbons (Fsp3) is 0. The van der Waals surface area contributed by atoms with Crippen LogP contribution in [0.5, 0.6) is 0 Å². The quantitative estimate of drug-likeness (QED) is 0.745. The third-order valence-electron chi connectivity index (χ3n) is 2.92. The summed E-state index contributed by atoms with van der Waals surface area (Å²) in [7, 11) is 0. The number of anilines is 2. The number of nitriles is 1. The van der Waals surface area contributed by atoms with Crippen LogP contribution in [0, 0.1) is 11.3 Å². The van der Waals surface area contributed by atoms with Crippen LogP contribution in [0.3, 0.4) is 0 Å². The van der Waals surface area contributed by atoms with Crippen molar-refractivity contribution < 1.29 is 0 Å². The molecule has 0 amide bonds. The minimum absolute atomic E-state index is 0.311. The normalized spacial score (nSPS) is 10.0. The summed E-state index contributed by atoms with van der Waals surface area (Å²) < 4.78 is 0. The molecule has 0 saturated heterocycles. The number of hydrogen-bond donors (Lipinski definition) is 1. The van der Waals surface area contributed by atoms with Gasteiger partial charge in [-0.3, -0.25) is 4.98 Å². The van der Waals surface area contributed by atoms with Gasteiger partial charge in [0.15, 0.2) is 5.82 Å². The molecule has 0 fully saturated rings. The van der Waals surface area contributed by atoms with Crippen LogP contribution >= 0.6 is 11.6 Å². The third-order valence-corrected chi connectivity index (χ3v) is 3.12. The van der Waals surface area contributed by atoms with E-state index >= 15 is 0 Å². The number of hydrogen-bond acceptors (Lipinski definition) is 5. The lowest BCUT2D eigenvalue weighted by molar-refractivity contribution is 1.16. The van der Waals surface area contributed by atoms with Crippen LogP contribution in [-0.4, -0.2) is 15.0 Å². The number of aromatic nitrogens is 3. The second-order valence-electron chi connectivity index (χ2n) is 4.42. The molecule has 0 unspecified atom stereocenters. The number of benzene rings is 1. The third kappa shape index (κ3) is 3.03. The summed E-state index contributed by atoms with van der Waals surface area (Å²) in [5.74, 6) is 0.985. The first-order valence-corrected chi connectivity index (χ1v) is 6.85. The summed E-state index contributed by atoms with van der Waals surface area (Å²) in [6.45, 7) is 0. The Morgan fingerprint density at radius 1 is 1.09 bits per heavy atom. The highest BCUT2D eigenvalue weighted by Crippen LogP contribution is 2.23. The van der Waals surface area contributed by atoms with Gasteiger partial charge in [0.1, 0.15) is 17.0 Å². The Balaban J connectivity index is 1.99. The van der Waals surface area contributed by atoms with Gasteiger partial charge in [-0.2, -0.15) is 5.26 Å². The molecule has 2 aromatic heterocycles. The molecule has 1 N–H and O–H groups in total. The number of pyridine rings is 1. The van der Waals surface area contributed by atoms with Crippen LogP contribution in [-0.2, 0) is 0 Å². The van der Waals surface area contributed by atoms with Gasteiger partial charge >= 0.3 is 0 Å².